The summed E-state index contributed by atoms with van der Waals surface area (Å²) in [7, 11) is 1.60. The second-order valence-corrected chi connectivity index (χ2v) is 9.28. The van der Waals surface area contributed by atoms with E-state index in [0.29, 0.717) is 28.6 Å². The molecule has 3 aromatic rings. The fraction of sp³-hybridized carbons (Fsp3) is 0.276. The largest absolute Gasteiger partial charge is 0.507 e. The molecule has 180 valence electrons. The Hall–Kier alpha value is -3.93. The second-order valence-electron chi connectivity index (χ2n) is 9.28. The van der Waals surface area contributed by atoms with E-state index in [2.05, 4.69) is 18.8 Å². The van der Waals surface area contributed by atoms with Crippen LogP contribution in [-0.2, 0) is 9.59 Å². The van der Waals surface area contributed by atoms with E-state index in [1.165, 1.54) is 4.90 Å². The summed E-state index contributed by atoms with van der Waals surface area (Å²) in [6.45, 7) is 8.23. The topological polar surface area (TPSA) is 79.7 Å². The summed E-state index contributed by atoms with van der Waals surface area (Å²) < 4.78 is 5.46. The van der Waals surface area contributed by atoms with Gasteiger partial charge in [0.2, 0.25) is 0 Å². The lowest BCUT2D eigenvalue weighted by Gasteiger charge is -2.25. The number of ketones is 1. The van der Waals surface area contributed by atoms with Crippen LogP contribution in [0.25, 0.3) is 5.76 Å². The number of Topliss-reactive ketones (excluding diaryl/α,β-unsaturated/α-hetero) is 1. The van der Waals surface area contributed by atoms with Crippen molar-refractivity contribution in [1.82, 2.24) is 4.98 Å². The molecule has 0 aliphatic carbocycles. The minimum Gasteiger partial charge on any atom is -0.507 e. The molecule has 0 radical (unpaired) electrons. The molecule has 6 nitrogen and oxygen atoms in total. The fourth-order valence-corrected chi connectivity index (χ4v) is 4.42. The summed E-state index contributed by atoms with van der Waals surface area (Å²) in [6.07, 6.45) is 1.61. The van der Waals surface area contributed by atoms with Crippen LogP contribution in [0.1, 0.15) is 68.0 Å². The monoisotopic (exact) mass is 470 g/mol. The van der Waals surface area contributed by atoms with Crippen molar-refractivity contribution >= 4 is 23.1 Å². The van der Waals surface area contributed by atoms with Gasteiger partial charge in [0.15, 0.2) is 0 Å². The van der Waals surface area contributed by atoms with E-state index in [0.717, 1.165) is 11.1 Å². The number of carbonyl (C=O) groups excluding carboxylic acids is 2. The molecule has 0 saturated carbocycles. The number of pyridine rings is 1. The van der Waals surface area contributed by atoms with Crippen molar-refractivity contribution in [2.45, 2.75) is 45.6 Å². The number of hydrogen-bond acceptors (Lipinski definition) is 5. The van der Waals surface area contributed by atoms with Gasteiger partial charge in [-0.3, -0.25) is 19.5 Å². The highest BCUT2D eigenvalue weighted by atomic mass is 16.5. The number of ether oxygens (including phenoxy) is 1. The molecule has 4 rings (SSSR count). The number of nitrogens with zero attached hydrogens (tertiary/aromatic N) is 2. The molecule has 1 N–H and O–H groups in total. The highest BCUT2D eigenvalue weighted by molar-refractivity contribution is 6.51. The molecule has 1 aliphatic rings. The van der Waals surface area contributed by atoms with Gasteiger partial charge in [0, 0.05) is 17.4 Å². The van der Waals surface area contributed by atoms with Gasteiger partial charge in [0.25, 0.3) is 11.7 Å². The molecule has 1 unspecified atom stereocenters. The van der Waals surface area contributed by atoms with Gasteiger partial charge in [-0.15, -0.1) is 0 Å². The molecule has 2 aromatic carbocycles. The maximum Gasteiger partial charge on any atom is 0.300 e. The smallest absolute Gasteiger partial charge is 0.300 e. The summed E-state index contributed by atoms with van der Waals surface area (Å²) in [5, 5.41) is 11.4. The van der Waals surface area contributed by atoms with Gasteiger partial charge < -0.3 is 9.84 Å². The van der Waals surface area contributed by atoms with E-state index < -0.39 is 17.7 Å². The minimum atomic E-state index is -0.856. The summed E-state index contributed by atoms with van der Waals surface area (Å²) in [5.74, 6) is -0.513. The van der Waals surface area contributed by atoms with Crippen molar-refractivity contribution in [2.75, 3.05) is 12.0 Å². The average Bonchev–Trinajstić information content (AvgIpc) is 3.14. The molecule has 0 bridgehead atoms. The van der Waals surface area contributed by atoms with Crippen LogP contribution in [0.3, 0.4) is 0 Å². The maximum absolute atomic E-state index is 13.3. The van der Waals surface area contributed by atoms with Gasteiger partial charge in [-0.25, -0.2) is 0 Å². The number of carbonyl (C=O) groups is 2. The standard InChI is InChI=1S/C29H30N2O4/c1-17(2)19-9-12-21(13-10-19)31-26(23-8-6-7-15-30-23)25(28(33)29(31)34)27(32)20-11-14-24(35-5)22(16-20)18(3)4/h6-18,26,32H,1-5H3/b27-25-. The summed E-state index contributed by atoms with van der Waals surface area (Å²) in [6, 6.07) is 17.3. The van der Waals surface area contributed by atoms with Crippen molar-refractivity contribution < 1.29 is 19.4 Å². The minimum absolute atomic E-state index is 0.0153. The summed E-state index contributed by atoms with van der Waals surface area (Å²) in [4.78, 5) is 32.5. The molecule has 2 heterocycles. The zero-order chi connectivity index (χ0) is 25.3. The highest BCUT2D eigenvalue weighted by Gasteiger charge is 2.47. The maximum atomic E-state index is 13.3. The lowest BCUT2D eigenvalue weighted by Crippen LogP contribution is -2.29. The molecule has 1 fully saturated rings. The summed E-state index contributed by atoms with van der Waals surface area (Å²) >= 11 is 0. The SMILES string of the molecule is COc1ccc(/C(O)=C2/C(=O)C(=O)N(c3ccc(C(C)C)cc3)C2c2ccccn2)cc1C(C)C. The Morgan fingerprint density at radius 3 is 2.26 bits per heavy atom. The Kier molecular flexibility index (Phi) is 6.74. The molecule has 6 heteroatoms. The first kappa shape index (κ1) is 24.2. The molecule has 1 atom stereocenters. The first-order valence-electron chi connectivity index (χ1n) is 11.7. The Morgan fingerprint density at radius 1 is 0.971 bits per heavy atom. The number of benzene rings is 2. The number of aromatic nitrogens is 1. The highest BCUT2D eigenvalue weighted by Crippen LogP contribution is 2.42. The van der Waals surface area contributed by atoms with Crippen LogP contribution in [0.15, 0.2) is 72.4 Å². The zero-order valence-corrected chi connectivity index (χ0v) is 20.6. The zero-order valence-electron chi connectivity index (χ0n) is 20.6. The number of amides is 1. The first-order chi connectivity index (χ1) is 16.7. The van der Waals surface area contributed by atoms with Crippen LogP contribution in [0.4, 0.5) is 5.69 Å². The molecular formula is C29H30N2O4. The van der Waals surface area contributed by atoms with Crippen molar-refractivity contribution in [3.8, 4) is 5.75 Å². The van der Waals surface area contributed by atoms with E-state index in [9.17, 15) is 14.7 Å². The van der Waals surface area contributed by atoms with Crippen molar-refractivity contribution in [1.29, 1.82) is 0 Å². The van der Waals surface area contributed by atoms with E-state index in [1.807, 2.05) is 38.1 Å². The van der Waals surface area contributed by atoms with Crippen molar-refractivity contribution in [3.05, 3.63) is 94.8 Å². The summed E-state index contributed by atoms with van der Waals surface area (Å²) in [5.41, 5.74) is 3.55. The predicted molar refractivity (Wildman–Crippen MR) is 137 cm³/mol. The lowest BCUT2D eigenvalue weighted by molar-refractivity contribution is -0.132. The number of anilines is 1. The Balaban J connectivity index is 1.90. The van der Waals surface area contributed by atoms with Crippen LogP contribution in [0.5, 0.6) is 5.75 Å². The van der Waals surface area contributed by atoms with Gasteiger partial charge in [-0.2, -0.15) is 0 Å². The fourth-order valence-electron chi connectivity index (χ4n) is 4.42. The number of aliphatic hydroxyl groups is 1. The molecule has 1 saturated heterocycles. The van der Waals surface area contributed by atoms with E-state index in [-0.39, 0.29) is 17.3 Å². The molecule has 1 amide bonds. The predicted octanol–water partition coefficient (Wildman–Crippen LogP) is 5.96. The molecule has 1 aliphatic heterocycles. The van der Waals surface area contributed by atoms with Crippen molar-refractivity contribution in [2.24, 2.45) is 0 Å². The van der Waals surface area contributed by atoms with Crippen LogP contribution in [0.2, 0.25) is 0 Å². The third-order valence-corrected chi connectivity index (χ3v) is 6.38. The number of methoxy groups -OCH3 is 1. The Labute approximate surface area is 205 Å². The first-order valence-corrected chi connectivity index (χ1v) is 11.7. The third-order valence-electron chi connectivity index (χ3n) is 6.38. The number of rotatable bonds is 6. The van der Waals surface area contributed by atoms with Gasteiger partial charge in [-0.1, -0.05) is 45.9 Å². The molecule has 1 aromatic heterocycles. The lowest BCUT2D eigenvalue weighted by atomic mass is 9.94. The Bertz CT molecular complexity index is 1280. The van der Waals surface area contributed by atoms with E-state index >= 15 is 0 Å². The quantitative estimate of drug-likeness (QED) is 0.273. The average molecular weight is 471 g/mol. The Morgan fingerprint density at radius 2 is 1.69 bits per heavy atom. The van der Waals surface area contributed by atoms with Crippen LogP contribution >= 0.6 is 0 Å². The van der Waals surface area contributed by atoms with Gasteiger partial charge >= 0.3 is 0 Å². The molecule has 0 spiro atoms. The molecular weight excluding hydrogens is 440 g/mol. The third kappa shape index (κ3) is 4.44. The van der Waals surface area contributed by atoms with Crippen LogP contribution < -0.4 is 9.64 Å². The van der Waals surface area contributed by atoms with E-state index in [4.69, 9.17) is 4.74 Å². The molecule has 35 heavy (non-hydrogen) atoms. The van der Waals surface area contributed by atoms with Gasteiger partial charge in [-0.05, 0) is 65.4 Å². The van der Waals surface area contributed by atoms with Crippen LogP contribution in [0, 0.1) is 0 Å². The van der Waals surface area contributed by atoms with E-state index in [1.54, 1.807) is 49.7 Å². The van der Waals surface area contributed by atoms with Gasteiger partial charge in [0.05, 0.1) is 18.4 Å². The number of hydrogen-bond donors (Lipinski definition) is 1. The van der Waals surface area contributed by atoms with Crippen LogP contribution in [-0.4, -0.2) is 28.9 Å². The normalized spacial score (nSPS) is 17.5. The second kappa shape index (κ2) is 9.74. The number of aliphatic hydroxyl groups excluding tert-OH is 1. The van der Waals surface area contributed by atoms with Crippen molar-refractivity contribution in [3.63, 3.8) is 0 Å². The van der Waals surface area contributed by atoms with Gasteiger partial charge in [0.1, 0.15) is 17.6 Å².